The van der Waals surface area contributed by atoms with Crippen molar-refractivity contribution in [3.8, 4) is 0 Å². The number of hydrogen-bond donors (Lipinski definition) is 1. The van der Waals surface area contributed by atoms with Gasteiger partial charge in [-0.25, -0.2) is 4.98 Å². The largest absolute Gasteiger partial charge is 0.383 e. The number of nitrogen functional groups attached to an aromatic ring is 1. The molecule has 0 unspecified atom stereocenters. The van der Waals surface area contributed by atoms with Crippen LogP contribution in [0.4, 0.5) is 5.82 Å². The molecule has 2 rings (SSSR count). The molecule has 98 valence electrons. The van der Waals surface area contributed by atoms with E-state index in [1.165, 1.54) is 19.3 Å². The molecule has 1 aromatic heterocycles. The number of rotatable bonds is 3. The average Bonchev–Trinajstić information content (AvgIpc) is 2.41. The Kier molecular flexibility index (Phi) is 4.18. The fraction of sp³-hybridized carbons (Fsp3) is 0.571. The number of anilines is 1. The smallest absolute Gasteiger partial charge is 0.257 e. The molecule has 1 fully saturated rings. The van der Waals surface area contributed by atoms with Crippen LogP contribution in [0.25, 0.3) is 0 Å². The molecule has 4 nitrogen and oxygen atoms in total. The maximum atomic E-state index is 12.5. The molecular weight excluding hydrogens is 226 g/mol. The van der Waals surface area contributed by atoms with Crippen molar-refractivity contribution in [2.45, 2.75) is 45.1 Å². The quantitative estimate of drug-likeness (QED) is 0.892. The summed E-state index contributed by atoms with van der Waals surface area (Å²) in [5.41, 5.74) is 6.32. The molecule has 0 radical (unpaired) electrons. The third-order valence-corrected chi connectivity index (χ3v) is 3.69. The van der Waals surface area contributed by atoms with Crippen LogP contribution in [0.15, 0.2) is 18.3 Å². The van der Waals surface area contributed by atoms with E-state index in [9.17, 15) is 4.79 Å². The number of nitrogens with two attached hydrogens (primary N) is 1. The Morgan fingerprint density at radius 1 is 1.44 bits per heavy atom. The van der Waals surface area contributed by atoms with Gasteiger partial charge in [-0.15, -0.1) is 0 Å². The van der Waals surface area contributed by atoms with Gasteiger partial charge in [-0.05, 0) is 31.9 Å². The molecule has 0 bridgehead atoms. The summed E-state index contributed by atoms with van der Waals surface area (Å²) in [6, 6.07) is 3.89. The van der Waals surface area contributed by atoms with Gasteiger partial charge < -0.3 is 10.6 Å². The molecule has 0 atom stereocenters. The lowest BCUT2D eigenvalue weighted by atomic mass is 9.93. The van der Waals surface area contributed by atoms with Crippen LogP contribution < -0.4 is 5.73 Å². The lowest BCUT2D eigenvalue weighted by Crippen LogP contribution is -2.41. The van der Waals surface area contributed by atoms with Gasteiger partial charge in [0.2, 0.25) is 0 Å². The molecule has 1 amide bonds. The molecule has 1 aromatic rings. The Bertz CT molecular complexity index is 413. The summed E-state index contributed by atoms with van der Waals surface area (Å²) in [5, 5.41) is 0. The van der Waals surface area contributed by atoms with Crippen LogP contribution in [0.3, 0.4) is 0 Å². The fourth-order valence-corrected chi connectivity index (χ4v) is 2.71. The summed E-state index contributed by atoms with van der Waals surface area (Å²) in [7, 11) is 0. The van der Waals surface area contributed by atoms with Crippen molar-refractivity contribution < 1.29 is 4.79 Å². The zero-order chi connectivity index (χ0) is 13.0. The van der Waals surface area contributed by atoms with Crippen molar-refractivity contribution in [2.24, 2.45) is 0 Å². The highest BCUT2D eigenvalue weighted by molar-refractivity contribution is 5.98. The number of nitrogens with zero attached hydrogens (tertiary/aromatic N) is 2. The van der Waals surface area contributed by atoms with E-state index in [4.69, 9.17) is 5.73 Å². The first-order chi connectivity index (χ1) is 8.74. The first kappa shape index (κ1) is 12.9. The van der Waals surface area contributed by atoms with Gasteiger partial charge in [-0.2, -0.15) is 0 Å². The van der Waals surface area contributed by atoms with E-state index in [0.717, 1.165) is 19.4 Å². The zero-order valence-corrected chi connectivity index (χ0v) is 10.9. The predicted octanol–water partition coefficient (Wildman–Crippen LogP) is 2.46. The normalized spacial score (nSPS) is 16.5. The van der Waals surface area contributed by atoms with Crippen LogP contribution in [0.5, 0.6) is 0 Å². The van der Waals surface area contributed by atoms with E-state index in [0.29, 0.717) is 17.4 Å². The minimum Gasteiger partial charge on any atom is -0.383 e. The molecule has 2 N–H and O–H groups in total. The van der Waals surface area contributed by atoms with E-state index >= 15 is 0 Å². The molecule has 1 saturated carbocycles. The van der Waals surface area contributed by atoms with Gasteiger partial charge in [-0.1, -0.05) is 19.3 Å². The van der Waals surface area contributed by atoms with Crippen molar-refractivity contribution >= 4 is 11.7 Å². The number of aromatic nitrogens is 1. The van der Waals surface area contributed by atoms with Gasteiger partial charge in [0.1, 0.15) is 5.82 Å². The molecule has 1 aliphatic rings. The number of hydrogen-bond acceptors (Lipinski definition) is 3. The van der Waals surface area contributed by atoms with Crippen molar-refractivity contribution in [1.29, 1.82) is 0 Å². The Morgan fingerprint density at radius 3 is 2.78 bits per heavy atom. The molecule has 18 heavy (non-hydrogen) atoms. The predicted molar refractivity (Wildman–Crippen MR) is 72.2 cm³/mol. The van der Waals surface area contributed by atoms with Crippen molar-refractivity contribution in [2.75, 3.05) is 12.3 Å². The topological polar surface area (TPSA) is 59.2 Å². The Morgan fingerprint density at radius 2 is 2.17 bits per heavy atom. The van der Waals surface area contributed by atoms with E-state index < -0.39 is 0 Å². The highest BCUT2D eigenvalue weighted by Gasteiger charge is 2.26. The van der Waals surface area contributed by atoms with Gasteiger partial charge in [0.15, 0.2) is 0 Å². The number of carbonyl (C=O) groups excluding carboxylic acids is 1. The third-order valence-electron chi connectivity index (χ3n) is 3.69. The molecule has 1 aliphatic carbocycles. The monoisotopic (exact) mass is 247 g/mol. The highest BCUT2D eigenvalue weighted by Crippen LogP contribution is 2.24. The van der Waals surface area contributed by atoms with E-state index in [1.54, 1.807) is 18.3 Å². The third kappa shape index (κ3) is 2.63. The van der Waals surface area contributed by atoms with Gasteiger partial charge in [-0.3, -0.25) is 4.79 Å². The average molecular weight is 247 g/mol. The SMILES string of the molecule is CCN(C(=O)c1cccnc1N)C1CCCCC1. The first-order valence-electron chi connectivity index (χ1n) is 6.75. The molecular formula is C14H21N3O. The summed E-state index contributed by atoms with van der Waals surface area (Å²) in [6.07, 6.45) is 7.56. The lowest BCUT2D eigenvalue weighted by Gasteiger charge is -2.33. The van der Waals surface area contributed by atoms with Crippen molar-refractivity contribution in [1.82, 2.24) is 9.88 Å². The van der Waals surface area contributed by atoms with Crippen LogP contribution >= 0.6 is 0 Å². The van der Waals surface area contributed by atoms with Crippen LogP contribution in [-0.2, 0) is 0 Å². The molecule has 0 aliphatic heterocycles. The van der Waals surface area contributed by atoms with Gasteiger partial charge in [0, 0.05) is 18.8 Å². The second kappa shape index (κ2) is 5.85. The van der Waals surface area contributed by atoms with Crippen LogP contribution in [0.1, 0.15) is 49.4 Å². The summed E-state index contributed by atoms with van der Waals surface area (Å²) < 4.78 is 0. The number of pyridine rings is 1. The van der Waals surface area contributed by atoms with E-state index in [2.05, 4.69) is 4.98 Å². The second-order valence-electron chi connectivity index (χ2n) is 4.82. The zero-order valence-electron chi connectivity index (χ0n) is 10.9. The highest BCUT2D eigenvalue weighted by atomic mass is 16.2. The molecule has 0 aromatic carbocycles. The van der Waals surface area contributed by atoms with E-state index in [1.807, 2.05) is 11.8 Å². The minimum absolute atomic E-state index is 0.0231. The fourth-order valence-electron chi connectivity index (χ4n) is 2.71. The van der Waals surface area contributed by atoms with Crippen LogP contribution in [0.2, 0.25) is 0 Å². The summed E-state index contributed by atoms with van der Waals surface area (Å²) in [5.74, 6) is 0.353. The lowest BCUT2D eigenvalue weighted by molar-refractivity contribution is 0.0648. The first-order valence-corrected chi connectivity index (χ1v) is 6.75. The maximum absolute atomic E-state index is 12.5. The second-order valence-corrected chi connectivity index (χ2v) is 4.82. The minimum atomic E-state index is 0.0231. The summed E-state index contributed by atoms with van der Waals surface area (Å²) >= 11 is 0. The standard InChI is InChI=1S/C14H21N3O/c1-2-17(11-7-4-3-5-8-11)14(18)12-9-6-10-16-13(12)15/h6,9-11H,2-5,7-8H2,1H3,(H2,15,16). The molecule has 0 saturated heterocycles. The number of carbonyl (C=O) groups is 1. The van der Waals surface area contributed by atoms with Crippen LogP contribution in [-0.4, -0.2) is 28.4 Å². The van der Waals surface area contributed by atoms with Gasteiger partial charge >= 0.3 is 0 Å². The Hall–Kier alpha value is -1.58. The van der Waals surface area contributed by atoms with E-state index in [-0.39, 0.29) is 5.91 Å². The summed E-state index contributed by atoms with van der Waals surface area (Å²) in [6.45, 7) is 2.76. The summed E-state index contributed by atoms with van der Waals surface area (Å²) in [4.78, 5) is 18.4. The van der Waals surface area contributed by atoms with Crippen molar-refractivity contribution in [3.63, 3.8) is 0 Å². The Balaban J connectivity index is 2.17. The maximum Gasteiger partial charge on any atom is 0.257 e. The van der Waals surface area contributed by atoms with Crippen LogP contribution in [0, 0.1) is 0 Å². The van der Waals surface area contributed by atoms with Gasteiger partial charge in [0.25, 0.3) is 5.91 Å². The van der Waals surface area contributed by atoms with Gasteiger partial charge in [0.05, 0.1) is 5.56 Å². The molecule has 1 heterocycles. The number of amides is 1. The molecule has 0 spiro atoms. The van der Waals surface area contributed by atoms with Crippen molar-refractivity contribution in [3.05, 3.63) is 23.9 Å². The Labute approximate surface area is 108 Å². The molecule has 4 heteroatoms.